The van der Waals surface area contributed by atoms with Gasteiger partial charge in [-0.3, -0.25) is 4.79 Å². The number of carbonyl (C=O) groups excluding carboxylic acids is 1. The summed E-state index contributed by atoms with van der Waals surface area (Å²) in [6.07, 6.45) is 2.24. The Kier molecular flexibility index (Phi) is 4.50. The summed E-state index contributed by atoms with van der Waals surface area (Å²) in [5.74, 6) is 0.352. The van der Waals surface area contributed by atoms with Crippen LogP contribution in [0.2, 0.25) is 0 Å². The van der Waals surface area contributed by atoms with Gasteiger partial charge in [-0.05, 0) is 31.2 Å². The molecule has 0 fully saturated rings. The Bertz CT molecular complexity index is 376. The second-order valence-corrected chi connectivity index (χ2v) is 6.27. The van der Waals surface area contributed by atoms with E-state index >= 15 is 0 Å². The maximum atomic E-state index is 11.9. The number of aryl methyl sites for hydroxylation is 2. The van der Waals surface area contributed by atoms with Crippen LogP contribution in [0.4, 0.5) is 0 Å². The molecule has 1 nitrogen and oxygen atoms in total. The highest BCUT2D eigenvalue weighted by atomic mass is 16.1. The molecular weight excluding hydrogens is 208 g/mol. The first-order chi connectivity index (χ1) is 7.76. The predicted molar refractivity (Wildman–Crippen MR) is 73.3 cm³/mol. The molecule has 0 radical (unpaired) electrons. The van der Waals surface area contributed by atoms with Gasteiger partial charge >= 0.3 is 0 Å². The molecule has 0 spiro atoms. The summed E-state index contributed by atoms with van der Waals surface area (Å²) in [5.41, 5.74) is 3.88. The third-order valence-electron chi connectivity index (χ3n) is 2.84. The van der Waals surface area contributed by atoms with E-state index in [0.717, 1.165) is 12.0 Å². The second kappa shape index (κ2) is 5.48. The second-order valence-electron chi connectivity index (χ2n) is 6.27. The van der Waals surface area contributed by atoms with Gasteiger partial charge in [0.05, 0.1) is 0 Å². The van der Waals surface area contributed by atoms with Crippen molar-refractivity contribution in [1.29, 1.82) is 0 Å². The predicted octanol–water partition coefficient (Wildman–Crippen LogP) is 4.24. The number of benzene rings is 1. The van der Waals surface area contributed by atoms with Crippen molar-refractivity contribution in [2.75, 3.05) is 0 Å². The molecule has 1 aromatic rings. The van der Waals surface area contributed by atoms with Crippen LogP contribution in [0.1, 0.15) is 50.3 Å². The third kappa shape index (κ3) is 5.67. The summed E-state index contributed by atoms with van der Waals surface area (Å²) in [7, 11) is 0. The van der Waals surface area contributed by atoms with E-state index in [-0.39, 0.29) is 5.41 Å². The Morgan fingerprint density at radius 3 is 2.06 bits per heavy atom. The minimum atomic E-state index is 0.248. The van der Waals surface area contributed by atoms with Crippen LogP contribution in [-0.4, -0.2) is 5.78 Å². The Hall–Kier alpha value is -1.11. The lowest BCUT2D eigenvalue weighted by Gasteiger charge is -2.17. The first-order valence-electron chi connectivity index (χ1n) is 6.35. The number of carbonyl (C=O) groups is 1. The number of Topliss-reactive ketones (excluding diaryl/α,β-unsaturated/α-hetero) is 1. The van der Waals surface area contributed by atoms with E-state index in [1.165, 1.54) is 11.1 Å². The lowest BCUT2D eigenvalue weighted by Crippen LogP contribution is -2.10. The zero-order valence-corrected chi connectivity index (χ0v) is 11.8. The van der Waals surface area contributed by atoms with Crippen LogP contribution in [0.3, 0.4) is 0 Å². The first-order valence-corrected chi connectivity index (χ1v) is 6.35. The van der Waals surface area contributed by atoms with Crippen molar-refractivity contribution >= 4 is 5.78 Å². The molecule has 1 rings (SSSR count). The molecule has 0 saturated carbocycles. The van der Waals surface area contributed by atoms with Crippen LogP contribution in [0.5, 0.6) is 0 Å². The van der Waals surface area contributed by atoms with Crippen molar-refractivity contribution in [3.05, 3.63) is 34.9 Å². The molecule has 94 valence electrons. The molecule has 0 aromatic heterocycles. The fourth-order valence-corrected chi connectivity index (χ4v) is 2.00. The molecule has 0 aliphatic rings. The smallest absolute Gasteiger partial charge is 0.137 e. The van der Waals surface area contributed by atoms with Gasteiger partial charge in [0, 0.05) is 12.8 Å². The molecule has 0 heterocycles. The average molecular weight is 232 g/mol. The molecule has 1 heteroatoms. The lowest BCUT2D eigenvalue weighted by molar-refractivity contribution is -0.118. The summed E-state index contributed by atoms with van der Waals surface area (Å²) in [5, 5.41) is 0. The van der Waals surface area contributed by atoms with Crippen LogP contribution in [-0.2, 0) is 11.2 Å². The summed E-state index contributed by atoms with van der Waals surface area (Å²) in [6, 6.07) is 6.37. The first kappa shape index (κ1) is 14.0. The van der Waals surface area contributed by atoms with E-state index in [1.54, 1.807) is 0 Å². The Morgan fingerprint density at radius 1 is 1.06 bits per heavy atom. The molecule has 0 amide bonds. The normalized spacial score (nSPS) is 11.6. The summed E-state index contributed by atoms with van der Waals surface area (Å²) >= 11 is 0. The van der Waals surface area contributed by atoms with E-state index in [1.807, 2.05) is 0 Å². The lowest BCUT2D eigenvalue weighted by atomic mass is 9.88. The quantitative estimate of drug-likeness (QED) is 0.758. The largest absolute Gasteiger partial charge is 0.299 e. The maximum absolute atomic E-state index is 11.9. The topological polar surface area (TPSA) is 17.1 Å². The zero-order valence-electron chi connectivity index (χ0n) is 11.8. The number of hydrogen-bond acceptors (Lipinski definition) is 1. The Balaban J connectivity index is 2.56. The highest BCUT2D eigenvalue weighted by molar-refractivity contribution is 5.80. The van der Waals surface area contributed by atoms with Gasteiger partial charge in [0.1, 0.15) is 5.78 Å². The van der Waals surface area contributed by atoms with Gasteiger partial charge in [-0.25, -0.2) is 0 Å². The highest BCUT2D eigenvalue weighted by Gasteiger charge is 2.13. The summed E-state index contributed by atoms with van der Waals surface area (Å²) < 4.78 is 0. The molecule has 0 saturated heterocycles. The molecule has 0 bridgehead atoms. The monoisotopic (exact) mass is 232 g/mol. The SMILES string of the molecule is Cc1cc(C)cc(CC(=O)CCC(C)(C)C)c1. The van der Waals surface area contributed by atoms with Crippen molar-refractivity contribution in [3.8, 4) is 0 Å². The fraction of sp³-hybridized carbons (Fsp3) is 0.562. The van der Waals surface area contributed by atoms with Gasteiger partial charge in [0.15, 0.2) is 0 Å². The van der Waals surface area contributed by atoms with Crippen LogP contribution < -0.4 is 0 Å². The van der Waals surface area contributed by atoms with E-state index in [9.17, 15) is 4.79 Å². The van der Waals surface area contributed by atoms with Crippen molar-refractivity contribution in [2.24, 2.45) is 5.41 Å². The van der Waals surface area contributed by atoms with Gasteiger partial charge in [-0.15, -0.1) is 0 Å². The van der Waals surface area contributed by atoms with Gasteiger partial charge in [-0.2, -0.15) is 0 Å². The Morgan fingerprint density at radius 2 is 1.59 bits per heavy atom. The van der Waals surface area contributed by atoms with Crippen molar-refractivity contribution in [2.45, 2.75) is 53.9 Å². The molecule has 0 atom stereocenters. The van der Waals surface area contributed by atoms with Crippen LogP contribution in [0, 0.1) is 19.3 Å². The molecule has 0 aliphatic carbocycles. The number of hydrogen-bond donors (Lipinski definition) is 0. The average Bonchev–Trinajstić information content (AvgIpc) is 2.11. The van der Waals surface area contributed by atoms with Gasteiger partial charge in [-0.1, -0.05) is 50.1 Å². The van der Waals surface area contributed by atoms with E-state index in [0.29, 0.717) is 18.6 Å². The molecule has 1 aromatic carbocycles. The highest BCUT2D eigenvalue weighted by Crippen LogP contribution is 2.21. The van der Waals surface area contributed by atoms with Crippen LogP contribution >= 0.6 is 0 Å². The van der Waals surface area contributed by atoms with Crippen LogP contribution in [0.25, 0.3) is 0 Å². The van der Waals surface area contributed by atoms with Crippen LogP contribution in [0.15, 0.2) is 18.2 Å². The molecular formula is C16H24O. The van der Waals surface area contributed by atoms with Gasteiger partial charge in [0.25, 0.3) is 0 Å². The van der Waals surface area contributed by atoms with E-state index < -0.39 is 0 Å². The molecule has 0 unspecified atom stereocenters. The van der Waals surface area contributed by atoms with Gasteiger partial charge in [0.2, 0.25) is 0 Å². The molecule has 17 heavy (non-hydrogen) atoms. The summed E-state index contributed by atoms with van der Waals surface area (Å²) in [4.78, 5) is 11.9. The Labute approximate surface area is 105 Å². The van der Waals surface area contributed by atoms with E-state index in [2.05, 4.69) is 52.8 Å². The third-order valence-corrected chi connectivity index (χ3v) is 2.84. The zero-order chi connectivity index (χ0) is 13.1. The minimum Gasteiger partial charge on any atom is -0.299 e. The van der Waals surface area contributed by atoms with E-state index in [4.69, 9.17) is 0 Å². The minimum absolute atomic E-state index is 0.248. The number of rotatable bonds is 4. The van der Waals surface area contributed by atoms with Crippen molar-refractivity contribution < 1.29 is 4.79 Å². The summed E-state index contributed by atoms with van der Waals surface area (Å²) in [6.45, 7) is 10.7. The van der Waals surface area contributed by atoms with Gasteiger partial charge < -0.3 is 0 Å². The number of ketones is 1. The standard InChI is InChI=1S/C16H24O/c1-12-8-13(2)10-14(9-12)11-15(17)6-7-16(3,4)5/h8-10H,6-7,11H2,1-5H3. The van der Waals surface area contributed by atoms with Crippen molar-refractivity contribution in [1.82, 2.24) is 0 Å². The van der Waals surface area contributed by atoms with Crippen molar-refractivity contribution in [3.63, 3.8) is 0 Å². The molecule has 0 aliphatic heterocycles. The molecule has 0 N–H and O–H groups in total. The maximum Gasteiger partial charge on any atom is 0.137 e. The fourth-order valence-electron chi connectivity index (χ4n) is 2.00.